The monoisotopic (exact) mass is 489 g/mol. The Balaban J connectivity index is 1.52. The van der Waals surface area contributed by atoms with Crippen molar-refractivity contribution < 1.29 is 22.8 Å². The Labute approximate surface area is 202 Å². The molecule has 2 aliphatic heterocycles. The van der Waals surface area contributed by atoms with Gasteiger partial charge >= 0.3 is 6.18 Å². The lowest BCUT2D eigenvalue weighted by Gasteiger charge is -2.32. The molecule has 7 nitrogen and oxygen atoms in total. The van der Waals surface area contributed by atoms with Crippen LogP contribution in [0.5, 0.6) is 0 Å². The quantitative estimate of drug-likeness (QED) is 0.581. The number of anilines is 1. The molecule has 0 unspecified atom stereocenters. The van der Waals surface area contributed by atoms with E-state index in [0.717, 1.165) is 30.3 Å². The summed E-state index contributed by atoms with van der Waals surface area (Å²) >= 11 is 0. The standard InChI is InChI=1S/C25H30F3N5O2/c1-16-12-33(15-23(29)34)14-19-10-17(3-5-21(16)19)24(35)31-20-4-2-18(22(11-20)25(26,27)28)13-32-8-6-30-7-9-32/h2-5,10-11,16,30H,6-9,12-15H2,1H3,(H2,29,34)(H,31,35)/t16-/m0/s1. The minimum Gasteiger partial charge on any atom is -0.369 e. The van der Waals surface area contributed by atoms with E-state index in [9.17, 15) is 22.8 Å². The molecule has 2 heterocycles. The second kappa shape index (κ2) is 10.3. The number of rotatable bonds is 6. The van der Waals surface area contributed by atoms with Gasteiger partial charge in [0.15, 0.2) is 0 Å². The van der Waals surface area contributed by atoms with Crippen LogP contribution in [0.1, 0.15) is 45.5 Å². The Bertz CT molecular complexity index is 1100. The molecule has 0 bridgehead atoms. The van der Waals surface area contributed by atoms with E-state index in [1.807, 2.05) is 22.8 Å². The van der Waals surface area contributed by atoms with Crippen LogP contribution in [-0.2, 0) is 24.1 Å². The molecule has 0 radical (unpaired) electrons. The van der Waals surface area contributed by atoms with E-state index in [2.05, 4.69) is 10.6 Å². The van der Waals surface area contributed by atoms with Crippen LogP contribution in [0.4, 0.5) is 18.9 Å². The predicted molar refractivity (Wildman–Crippen MR) is 127 cm³/mol. The van der Waals surface area contributed by atoms with Gasteiger partial charge in [0.05, 0.1) is 12.1 Å². The first kappa shape index (κ1) is 25.2. The number of fused-ring (bicyclic) bond motifs is 1. The zero-order chi connectivity index (χ0) is 25.2. The van der Waals surface area contributed by atoms with Gasteiger partial charge in [-0.2, -0.15) is 13.2 Å². The number of hydrogen-bond acceptors (Lipinski definition) is 5. The number of carbonyl (C=O) groups is 2. The highest BCUT2D eigenvalue weighted by atomic mass is 19.4. The van der Waals surface area contributed by atoms with E-state index in [4.69, 9.17) is 5.73 Å². The van der Waals surface area contributed by atoms with Crippen LogP contribution in [0, 0.1) is 0 Å². The summed E-state index contributed by atoms with van der Waals surface area (Å²) in [6.07, 6.45) is -4.53. The Morgan fingerprint density at radius 1 is 1.11 bits per heavy atom. The third-order valence-corrected chi connectivity index (χ3v) is 6.52. The average Bonchev–Trinajstić information content (AvgIpc) is 2.79. The van der Waals surface area contributed by atoms with Crippen LogP contribution >= 0.6 is 0 Å². The molecule has 4 rings (SSSR count). The Morgan fingerprint density at radius 3 is 2.54 bits per heavy atom. The lowest BCUT2D eigenvalue weighted by Crippen LogP contribution is -2.43. The molecule has 0 aromatic heterocycles. The molecule has 2 amide bonds. The second-order valence-corrected chi connectivity index (χ2v) is 9.30. The first-order valence-electron chi connectivity index (χ1n) is 11.7. The van der Waals surface area contributed by atoms with E-state index in [1.165, 1.54) is 12.1 Å². The summed E-state index contributed by atoms with van der Waals surface area (Å²) < 4.78 is 41.4. The number of carbonyl (C=O) groups excluding carboxylic acids is 2. The van der Waals surface area contributed by atoms with Crippen LogP contribution in [0.2, 0.25) is 0 Å². The van der Waals surface area contributed by atoms with E-state index in [0.29, 0.717) is 31.7 Å². The predicted octanol–water partition coefficient (Wildman–Crippen LogP) is 2.77. The van der Waals surface area contributed by atoms with Crippen molar-refractivity contribution in [3.05, 3.63) is 64.2 Å². The van der Waals surface area contributed by atoms with Crippen LogP contribution in [-0.4, -0.2) is 60.9 Å². The minimum absolute atomic E-state index is 0.0906. The van der Waals surface area contributed by atoms with Crippen molar-refractivity contribution >= 4 is 17.5 Å². The first-order chi connectivity index (χ1) is 16.6. The van der Waals surface area contributed by atoms with Gasteiger partial charge in [-0.1, -0.05) is 19.1 Å². The number of nitrogens with zero attached hydrogens (tertiary/aromatic N) is 2. The molecular weight excluding hydrogens is 459 g/mol. The molecule has 0 saturated carbocycles. The summed E-state index contributed by atoms with van der Waals surface area (Å²) in [6.45, 7) is 6.38. The lowest BCUT2D eigenvalue weighted by atomic mass is 9.89. The van der Waals surface area contributed by atoms with Gasteiger partial charge in [0.2, 0.25) is 5.91 Å². The molecule has 2 aromatic rings. The van der Waals surface area contributed by atoms with Crippen LogP contribution in [0.3, 0.4) is 0 Å². The average molecular weight is 490 g/mol. The first-order valence-corrected chi connectivity index (χ1v) is 11.7. The fourth-order valence-electron chi connectivity index (χ4n) is 4.87. The third kappa shape index (κ3) is 6.19. The van der Waals surface area contributed by atoms with Gasteiger partial charge in [-0.3, -0.25) is 19.4 Å². The highest BCUT2D eigenvalue weighted by molar-refractivity contribution is 6.04. The highest BCUT2D eigenvalue weighted by Crippen LogP contribution is 2.35. The second-order valence-electron chi connectivity index (χ2n) is 9.30. The van der Waals surface area contributed by atoms with Crippen molar-refractivity contribution in [3.8, 4) is 0 Å². The summed E-state index contributed by atoms with van der Waals surface area (Å²) in [7, 11) is 0. The van der Waals surface area contributed by atoms with Crippen LogP contribution < -0.4 is 16.4 Å². The normalized spacial score (nSPS) is 19.3. The van der Waals surface area contributed by atoms with Crippen molar-refractivity contribution in [1.82, 2.24) is 15.1 Å². The summed E-state index contributed by atoms with van der Waals surface area (Å²) in [4.78, 5) is 28.1. The molecule has 35 heavy (non-hydrogen) atoms. The Kier molecular flexibility index (Phi) is 7.44. The number of piperazine rings is 1. The smallest absolute Gasteiger partial charge is 0.369 e. The number of nitrogens with one attached hydrogen (secondary N) is 2. The molecule has 4 N–H and O–H groups in total. The maximum atomic E-state index is 13.8. The molecule has 10 heteroatoms. The van der Waals surface area contributed by atoms with Crippen LogP contribution in [0.15, 0.2) is 36.4 Å². The van der Waals surface area contributed by atoms with Gasteiger partial charge in [0.25, 0.3) is 5.91 Å². The van der Waals surface area contributed by atoms with Crippen molar-refractivity contribution in [2.24, 2.45) is 5.73 Å². The van der Waals surface area contributed by atoms with Gasteiger partial charge in [-0.05, 0) is 46.9 Å². The van der Waals surface area contributed by atoms with Gasteiger partial charge in [-0.15, -0.1) is 0 Å². The number of amides is 2. The number of halogens is 3. The van der Waals surface area contributed by atoms with Gasteiger partial charge in [0.1, 0.15) is 0 Å². The zero-order valence-corrected chi connectivity index (χ0v) is 19.6. The third-order valence-electron chi connectivity index (χ3n) is 6.52. The van der Waals surface area contributed by atoms with Crippen molar-refractivity contribution in [3.63, 3.8) is 0 Å². The van der Waals surface area contributed by atoms with Crippen molar-refractivity contribution in [2.75, 3.05) is 44.6 Å². The molecular formula is C25H30F3N5O2. The minimum atomic E-state index is -4.53. The Morgan fingerprint density at radius 2 is 1.86 bits per heavy atom. The van der Waals surface area contributed by atoms with Crippen molar-refractivity contribution in [1.29, 1.82) is 0 Å². The zero-order valence-electron chi connectivity index (χ0n) is 19.6. The van der Waals surface area contributed by atoms with Crippen molar-refractivity contribution in [2.45, 2.75) is 32.1 Å². The SMILES string of the molecule is C[C@H]1CN(CC(N)=O)Cc2cc(C(=O)Nc3ccc(CN4CCNCC4)c(C(F)(F)F)c3)ccc21. The largest absolute Gasteiger partial charge is 0.416 e. The fraction of sp³-hybridized carbons (Fsp3) is 0.440. The summed E-state index contributed by atoms with van der Waals surface area (Å²) in [5.41, 5.74) is 7.20. The van der Waals surface area contributed by atoms with Gasteiger partial charge in [-0.25, -0.2) is 0 Å². The van der Waals surface area contributed by atoms with E-state index in [1.54, 1.807) is 12.1 Å². The lowest BCUT2D eigenvalue weighted by molar-refractivity contribution is -0.138. The van der Waals surface area contributed by atoms with E-state index >= 15 is 0 Å². The number of primary amides is 1. The number of nitrogens with two attached hydrogens (primary N) is 1. The maximum Gasteiger partial charge on any atom is 0.416 e. The van der Waals surface area contributed by atoms with Gasteiger partial charge < -0.3 is 16.4 Å². The molecule has 1 fully saturated rings. The summed E-state index contributed by atoms with van der Waals surface area (Å²) in [5.74, 6) is -0.751. The van der Waals surface area contributed by atoms with Crippen LogP contribution in [0.25, 0.3) is 0 Å². The Hall–Kier alpha value is -2.95. The van der Waals surface area contributed by atoms with Gasteiger partial charge in [0, 0.05) is 57.1 Å². The molecule has 0 spiro atoms. The van der Waals surface area contributed by atoms with E-state index < -0.39 is 23.6 Å². The number of alkyl halides is 3. The molecule has 1 atom stereocenters. The van der Waals surface area contributed by atoms with E-state index in [-0.39, 0.29) is 30.3 Å². The number of hydrogen-bond donors (Lipinski definition) is 3. The number of benzene rings is 2. The maximum absolute atomic E-state index is 13.8. The highest BCUT2D eigenvalue weighted by Gasteiger charge is 2.34. The summed E-state index contributed by atoms with van der Waals surface area (Å²) in [6, 6.07) is 9.24. The molecule has 2 aromatic carbocycles. The molecule has 2 aliphatic rings. The summed E-state index contributed by atoms with van der Waals surface area (Å²) in [5, 5.41) is 5.80. The fourth-order valence-corrected chi connectivity index (χ4v) is 4.87. The molecule has 188 valence electrons. The molecule has 1 saturated heterocycles. The topological polar surface area (TPSA) is 90.7 Å². The molecule has 0 aliphatic carbocycles.